The maximum Gasteiger partial charge on any atom is 0.292 e. The van der Waals surface area contributed by atoms with Crippen molar-refractivity contribution >= 4 is 17.4 Å². The molecule has 0 spiro atoms. The molecule has 0 bridgehead atoms. The minimum atomic E-state index is 0.155. The quantitative estimate of drug-likeness (QED) is 0.787. The van der Waals surface area contributed by atoms with Crippen molar-refractivity contribution in [2.45, 2.75) is 0 Å². The molecule has 2 rings (SSSR count). The maximum absolute atomic E-state index is 5.33. The van der Waals surface area contributed by atoms with Crippen LogP contribution in [0.2, 0.25) is 0 Å². The number of aromatic nitrogens is 2. The molecule has 0 unspecified atom stereocenters. The van der Waals surface area contributed by atoms with Crippen LogP contribution in [0.1, 0.15) is 0 Å². The normalized spacial score (nSPS) is 10.2. The molecule has 2 heterocycles. The molecule has 0 aromatic carbocycles. The fourth-order valence-corrected chi connectivity index (χ4v) is 1.55. The molecule has 13 heavy (non-hydrogen) atoms. The van der Waals surface area contributed by atoms with Crippen LogP contribution >= 0.6 is 11.3 Å². The first-order chi connectivity index (χ1) is 6.29. The maximum atomic E-state index is 5.33. The number of nitrogens with zero attached hydrogens (tertiary/aromatic N) is 2. The molecule has 0 radical (unpaired) electrons. The van der Waals surface area contributed by atoms with Gasteiger partial charge in [0.2, 0.25) is 0 Å². The van der Waals surface area contributed by atoms with Crippen molar-refractivity contribution in [3.63, 3.8) is 0 Å². The predicted molar refractivity (Wildman–Crippen MR) is 48.6 cm³/mol. The Hall–Kier alpha value is -1.56. The molecule has 0 amide bonds. The van der Waals surface area contributed by atoms with E-state index >= 15 is 0 Å². The number of hydrogen-bond acceptors (Lipinski definition) is 6. The van der Waals surface area contributed by atoms with Crippen LogP contribution in [-0.2, 0) is 0 Å². The molecule has 5 nitrogen and oxygen atoms in total. The summed E-state index contributed by atoms with van der Waals surface area (Å²) >= 11 is 1.38. The van der Waals surface area contributed by atoms with Crippen LogP contribution in [0.5, 0.6) is 5.19 Å². The second kappa shape index (κ2) is 3.06. The summed E-state index contributed by atoms with van der Waals surface area (Å²) < 4.78 is 10.0. The number of rotatable bonds is 2. The summed E-state index contributed by atoms with van der Waals surface area (Å²) in [6.45, 7) is 0. The minimum absolute atomic E-state index is 0.155. The molecule has 2 aromatic heterocycles. The molecule has 0 aliphatic rings. The number of ether oxygens (including phenoxy) is 1. The highest BCUT2D eigenvalue weighted by molar-refractivity contribution is 7.16. The van der Waals surface area contributed by atoms with Crippen molar-refractivity contribution in [3.05, 3.63) is 12.4 Å². The zero-order valence-electron chi connectivity index (χ0n) is 6.85. The fraction of sp³-hybridized carbons (Fsp3) is 0.143. The van der Waals surface area contributed by atoms with Gasteiger partial charge in [0, 0.05) is 0 Å². The van der Waals surface area contributed by atoms with E-state index in [1.807, 2.05) is 0 Å². The van der Waals surface area contributed by atoms with E-state index in [9.17, 15) is 0 Å². The van der Waals surface area contributed by atoms with E-state index in [4.69, 9.17) is 14.9 Å². The first kappa shape index (κ1) is 8.06. The third-order valence-electron chi connectivity index (χ3n) is 1.43. The Balaban J connectivity index is 2.35. The second-order valence-corrected chi connectivity index (χ2v) is 3.25. The van der Waals surface area contributed by atoms with Gasteiger partial charge in [-0.15, -0.1) is 0 Å². The highest BCUT2D eigenvalue weighted by Crippen LogP contribution is 2.30. The van der Waals surface area contributed by atoms with E-state index in [0.717, 1.165) is 4.88 Å². The van der Waals surface area contributed by atoms with Crippen LogP contribution in [0.25, 0.3) is 10.6 Å². The molecule has 2 aromatic rings. The lowest BCUT2D eigenvalue weighted by atomic mass is 10.4. The lowest BCUT2D eigenvalue weighted by molar-refractivity contribution is 0.412. The number of nitrogens with two attached hydrogens (primary N) is 1. The average Bonchev–Trinajstić information content (AvgIpc) is 2.71. The van der Waals surface area contributed by atoms with Crippen LogP contribution in [0.3, 0.4) is 0 Å². The van der Waals surface area contributed by atoms with Crippen molar-refractivity contribution < 1.29 is 9.15 Å². The van der Waals surface area contributed by atoms with Gasteiger partial charge in [-0.25, -0.2) is 9.97 Å². The third-order valence-corrected chi connectivity index (χ3v) is 2.40. The van der Waals surface area contributed by atoms with E-state index in [1.54, 1.807) is 19.5 Å². The molecule has 0 saturated carbocycles. The lowest BCUT2D eigenvalue weighted by Crippen LogP contribution is -1.79. The van der Waals surface area contributed by atoms with Crippen molar-refractivity contribution in [2.75, 3.05) is 12.8 Å². The number of thiazole rings is 1. The second-order valence-electron chi connectivity index (χ2n) is 2.26. The van der Waals surface area contributed by atoms with Gasteiger partial charge < -0.3 is 14.9 Å². The summed E-state index contributed by atoms with van der Waals surface area (Å²) in [5.41, 5.74) is 5.33. The summed E-state index contributed by atoms with van der Waals surface area (Å²) in [7, 11) is 1.57. The molecule has 0 saturated heterocycles. The van der Waals surface area contributed by atoms with E-state index in [2.05, 4.69) is 9.97 Å². The molecule has 0 aliphatic carbocycles. The molecular weight excluding hydrogens is 190 g/mol. The van der Waals surface area contributed by atoms with Gasteiger partial charge in [0.1, 0.15) is 0 Å². The van der Waals surface area contributed by atoms with Crippen LogP contribution in [-0.4, -0.2) is 17.1 Å². The number of hydrogen-bond donors (Lipinski definition) is 1. The van der Waals surface area contributed by atoms with Crippen molar-refractivity contribution in [3.8, 4) is 15.8 Å². The average molecular weight is 197 g/mol. The van der Waals surface area contributed by atoms with Gasteiger partial charge in [-0.1, -0.05) is 11.3 Å². The van der Waals surface area contributed by atoms with Crippen LogP contribution < -0.4 is 10.5 Å². The van der Waals surface area contributed by atoms with Crippen LogP contribution in [0, 0.1) is 0 Å². The van der Waals surface area contributed by atoms with Gasteiger partial charge in [0.15, 0.2) is 5.76 Å². The topological polar surface area (TPSA) is 74.2 Å². The molecule has 2 N–H and O–H groups in total. The van der Waals surface area contributed by atoms with Gasteiger partial charge in [0.05, 0.1) is 24.4 Å². The predicted octanol–water partition coefficient (Wildman–Crippen LogP) is 1.39. The molecule has 0 fully saturated rings. The largest absolute Gasteiger partial charge is 0.473 e. The van der Waals surface area contributed by atoms with Gasteiger partial charge in [-0.3, -0.25) is 0 Å². The highest BCUT2D eigenvalue weighted by atomic mass is 32.1. The first-order valence-corrected chi connectivity index (χ1v) is 4.33. The van der Waals surface area contributed by atoms with Gasteiger partial charge >= 0.3 is 0 Å². The Labute approximate surface area is 78.2 Å². The number of anilines is 1. The number of nitrogen functional groups attached to an aromatic ring is 1. The fourth-order valence-electron chi connectivity index (χ4n) is 0.868. The smallest absolute Gasteiger partial charge is 0.292 e. The standard InChI is InChI=1S/C7H7N3O2S/c1-11-7-10-3-5(13-7)4-2-9-6(8)12-4/h2-3H,1H3,(H2,8,9). The lowest BCUT2D eigenvalue weighted by Gasteiger charge is -1.87. The summed E-state index contributed by atoms with van der Waals surface area (Å²) in [5.74, 6) is 0.610. The van der Waals surface area contributed by atoms with E-state index in [-0.39, 0.29) is 6.01 Å². The Morgan fingerprint density at radius 2 is 2.31 bits per heavy atom. The Bertz CT molecular complexity index is 409. The van der Waals surface area contributed by atoms with Gasteiger partial charge in [-0.05, 0) is 0 Å². The highest BCUT2D eigenvalue weighted by Gasteiger charge is 2.08. The SMILES string of the molecule is COc1ncc(-c2cnc(N)o2)s1. The van der Waals surface area contributed by atoms with E-state index in [1.165, 1.54) is 11.3 Å². The summed E-state index contributed by atoms with van der Waals surface area (Å²) in [6, 6.07) is 0.155. The van der Waals surface area contributed by atoms with Gasteiger partial charge in [0.25, 0.3) is 11.2 Å². The van der Waals surface area contributed by atoms with Crippen LogP contribution in [0.15, 0.2) is 16.8 Å². The molecule has 6 heteroatoms. The zero-order valence-corrected chi connectivity index (χ0v) is 7.67. The Morgan fingerprint density at radius 3 is 2.85 bits per heavy atom. The van der Waals surface area contributed by atoms with Crippen molar-refractivity contribution in [1.82, 2.24) is 9.97 Å². The van der Waals surface area contributed by atoms with Crippen LogP contribution in [0.4, 0.5) is 6.01 Å². The monoisotopic (exact) mass is 197 g/mol. The number of methoxy groups -OCH3 is 1. The summed E-state index contributed by atoms with van der Waals surface area (Å²) in [4.78, 5) is 8.61. The van der Waals surface area contributed by atoms with Gasteiger partial charge in [-0.2, -0.15) is 0 Å². The Morgan fingerprint density at radius 1 is 1.46 bits per heavy atom. The molecule has 68 valence electrons. The third kappa shape index (κ3) is 1.48. The van der Waals surface area contributed by atoms with Crippen molar-refractivity contribution in [1.29, 1.82) is 0 Å². The molecular formula is C7H7N3O2S. The molecule has 0 aliphatic heterocycles. The summed E-state index contributed by atoms with van der Waals surface area (Å²) in [6.07, 6.45) is 3.21. The number of oxazole rings is 1. The minimum Gasteiger partial charge on any atom is -0.473 e. The first-order valence-electron chi connectivity index (χ1n) is 3.51. The molecule has 0 atom stereocenters. The van der Waals surface area contributed by atoms with E-state index in [0.29, 0.717) is 11.0 Å². The Kier molecular flexibility index (Phi) is 1.90. The zero-order chi connectivity index (χ0) is 9.26. The van der Waals surface area contributed by atoms with E-state index < -0.39 is 0 Å². The van der Waals surface area contributed by atoms with Crippen molar-refractivity contribution in [2.24, 2.45) is 0 Å². The summed E-state index contributed by atoms with van der Waals surface area (Å²) in [5, 5.41) is 0.588.